The molecule has 25 heavy (non-hydrogen) atoms. The molecule has 0 spiro atoms. The summed E-state index contributed by atoms with van der Waals surface area (Å²) < 4.78 is 10.2. The van der Waals surface area contributed by atoms with Gasteiger partial charge in [-0.05, 0) is 32.4 Å². The number of hydrogen-bond acceptors (Lipinski definition) is 7. The Balaban J connectivity index is 2.57. The molecule has 0 bridgehead atoms. The normalized spacial score (nSPS) is 29.1. The zero-order valence-electron chi connectivity index (χ0n) is 14.6. The fourth-order valence-electron chi connectivity index (χ4n) is 3.45. The molecule has 2 rings (SSSR count). The van der Waals surface area contributed by atoms with Crippen molar-refractivity contribution in [3.05, 3.63) is 30.1 Å². The fraction of sp³-hybridized carbons (Fsp3) is 0.556. The van der Waals surface area contributed by atoms with E-state index in [4.69, 9.17) is 9.47 Å². The second kappa shape index (κ2) is 7.74. The highest BCUT2D eigenvalue weighted by molar-refractivity contribution is 6.02. The maximum absolute atomic E-state index is 12.6. The summed E-state index contributed by atoms with van der Waals surface area (Å²) in [6.07, 6.45) is 2.71. The summed E-state index contributed by atoms with van der Waals surface area (Å²) in [6.45, 7) is 4.95. The molecule has 1 aliphatic rings. The number of ketones is 1. The molecule has 1 fully saturated rings. The van der Waals surface area contributed by atoms with Crippen molar-refractivity contribution in [2.24, 2.45) is 11.8 Å². The number of Topliss-reactive ketones (excluding diaryl/α,β-unsaturated/α-hetero) is 1. The average Bonchev–Trinajstić information content (AvgIpc) is 2.54. The summed E-state index contributed by atoms with van der Waals surface area (Å²) in [4.78, 5) is 41.6. The molecule has 1 saturated carbocycles. The first-order chi connectivity index (χ1) is 11.8. The number of carbonyl (C=O) groups excluding carboxylic acids is 3. The minimum absolute atomic E-state index is 0.114. The zero-order chi connectivity index (χ0) is 18.6. The Labute approximate surface area is 146 Å². The van der Waals surface area contributed by atoms with Gasteiger partial charge in [-0.1, -0.05) is 6.07 Å². The molecule has 136 valence electrons. The van der Waals surface area contributed by atoms with E-state index < -0.39 is 41.1 Å². The van der Waals surface area contributed by atoms with Crippen LogP contribution < -0.4 is 0 Å². The van der Waals surface area contributed by atoms with Crippen LogP contribution in [0.3, 0.4) is 0 Å². The molecule has 1 aromatic rings. The molecule has 0 saturated heterocycles. The van der Waals surface area contributed by atoms with E-state index in [1.807, 2.05) is 0 Å². The lowest BCUT2D eigenvalue weighted by molar-refractivity contribution is -0.172. The number of aromatic nitrogens is 1. The van der Waals surface area contributed by atoms with E-state index in [0.29, 0.717) is 5.56 Å². The van der Waals surface area contributed by atoms with Crippen LogP contribution in [-0.4, -0.2) is 46.6 Å². The lowest BCUT2D eigenvalue weighted by Gasteiger charge is -2.43. The number of nitrogens with zero attached hydrogens (tertiary/aromatic N) is 1. The monoisotopic (exact) mass is 349 g/mol. The van der Waals surface area contributed by atoms with E-state index >= 15 is 0 Å². The molecule has 1 aromatic heterocycles. The lowest BCUT2D eigenvalue weighted by atomic mass is 9.62. The van der Waals surface area contributed by atoms with Crippen LogP contribution in [0, 0.1) is 11.8 Å². The summed E-state index contributed by atoms with van der Waals surface area (Å²) in [5, 5.41) is 10.8. The van der Waals surface area contributed by atoms with Crippen molar-refractivity contribution >= 4 is 17.7 Å². The van der Waals surface area contributed by atoms with Gasteiger partial charge in [-0.3, -0.25) is 19.4 Å². The molecule has 1 heterocycles. The number of esters is 2. The van der Waals surface area contributed by atoms with Gasteiger partial charge in [-0.25, -0.2) is 0 Å². The maximum Gasteiger partial charge on any atom is 0.317 e. The average molecular weight is 349 g/mol. The zero-order valence-corrected chi connectivity index (χ0v) is 14.6. The molecule has 0 aliphatic heterocycles. The summed E-state index contributed by atoms with van der Waals surface area (Å²) in [6, 6.07) is 3.32. The Morgan fingerprint density at radius 3 is 2.48 bits per heavy atom. The number of hydrogen-bond donors (Lipinski definition) is 1. The van der Waals surface area contributed by atoms with Crippen LogP contribution in [0.4, 0.5) is 0 Å². The molecular formula is C18H23NO6. The Bertz CT molecular complexity index is 642. The van der Waals surface area contributed by atoms with E-state index in [2.05, 4.69) is 4.98 Å². The topological polar surface area (TPSA) is 103 Å². The first-order valence-corrected chi connectivity index (χ1v) is 8.31. The van der Waals surface area contributed by atoms with Crippen molar-refractivity contribution in [1.29, 1.82) is 0 Å². The van der Waals surface area contributed by atoms with Gasteiger partial charge >= 0.3 is 11.9 Å². The van der Waals surface area contributed by atoms with E-state index in [0.717, 1.165) is 0 Å². The third kappa shape index (κ3) is 3.87. The van der Waals surface area contributed by atoms with Crippen LogP contribution in [0.1, 0.15) is 38.7 Å². The number of carbonyl (C=O) groups is 3. The van der Waals surface area contributed by atoms with Crippen molar-refractivity contribution in [3.8, 4) is 0 Å². The third-order valence-electron chi connectivity index (χ3n) is 4.42. The van der Waals surface area contributed by atoms with Gasteiger partial charge in [0.05, 0.1) is 24.7 Å². The molecule has 0 amide bonds. The van der Waals surface area contributed by atoms with Gasteiger partial charge < -0.3 is 14.6 Å². The molecule has 0 aromatic carbocycles. The van der Waals surface area contributed by atoms with Crippen LogP contribution in [0.2, 0.25) is 0 Å². The molecule has 7 nitrogen and oxygen atoms in total. The SMILES string of the molecule is CCOC(=O)[C@H]1C(=O)C[C@@](C)(O)[C@@H](C(=O)OCC)[C@@H]1c1cccnc1. The van der Waals surface area contributed by atoms with Crippen molar-refractivity contribution in [1.82, 2.24) is 4.98 Å². The Hall–Kier alpha value is -2.28. The highest BCUT2D eigenvalue weighted by Gasteiger charge is 2.57. The Morgan fingerprint density at radius 2 is 1.92 bits per heavy atom. The number of ether oxygens (including phenoxy) is 2. The van der Waals surface area contributed by atoms with Gasteiger partial charge in [-0.2, -0.15) is 0 Å². The maximum atomic E-state index is 12.6. The molecule has 0 unspecified atom stereocenters. The van der Waals surface area contributed by atoms with Crippen LogP contribution in [-0.2, 0) is 23.9 Å². The quantitative estimate of drug-likeness (QED) is 0.630. The second-order valence-electron chi connectivity index (χ2n) is 6.27. The summed E-state index contributed by atoms with van der Waals surface area (Å²) in [5.41, 5.74) is -1.13. The predicted octanol–water partition coefficient (Wildman–Crippen LogP) is 1.25. The Kier molecular flexibility index (Phi) is 5.89. The summed E-state index contributed by atoms with van der Waals surface area (Å²) in [5.74, 6) is -4.97. The minimum atomic E-state index is -1.63. The summed E-state index contributed by atoms with van der Waals surface area (Å²) >= 11 is 0. The van der Waals surface area contributed by atoms with Crippen molar-refractivity contribution in [2.75, 3.05) is 13.2 Å². The largest absolute Gasteiger partial charge is 0.466 e. The van der Waals surface area contributed by atoms with Crippen LogP contribution in [0.25, 0.3) is 0 Å². The number of rotatable bonds is 5. The minimum Gasteiger partial charge on any atom is -0.466 e. The number of aliphatic hydroxyl groups is 1. The fourth-order valence-corrected chi connectivity index (χ4v) is 3.45. The van der Waals surface area contributed by atoms with E-state index in [1.165, 1.54) is 13.1 Å². The van der Waals surface area contributed by atoms with Crippen LogP contribution in [0.15, 0.2) is 24.5 Å². The van der Waals surface area contributed by atoms with Crippen molar-refractivity contribution < 1.29 is 29.0 Å². The predicted molar refractivity (Wildman–Crippen MR) is 87.5 cm³/mol. The molecular weight excluding hydrogens is 326 g/mol. The van der Waals surface area contributed by atoms with E-state index in [-0.39, 0.29) is 19.6 Å². The van der Waals surface area contributed by atoms with Gasteiger partial charge in [-0.15, -0.1) is 0 Å². The highest BCUT2D eigenvalue weighted by atomic mass is 16.5. The van der Waals surface area contributed by atoms with Gasteiger partial charge in [0, 0.05) is 24.7 Å². The first-order valence-electron chi connectivity index (χ1n) is 8.31. The second-order valence-corrected chi connectivity index (χ2v) is 6.27. The van der Waals surface area contributed by atoms with Gasteiger partial charge in [0.15, 0.2) is 5.78 Å². The van der Waals surface area contributed by atoms with Gasteiger partial charge in [0.1, 0.15) is 5.92 Å². The van der Waals surface area contributed by atoms with Crippen LogP contribution >= 0.6 is 0 Å². The standard InChI is InChI=1S/C18H23NO6/c1-4-24-16(21)14-12(20)9-18(3,23)15(17(22)25-5-2)13(14)11-7-6-8-19-10-11/h6-8,10,13-15,23H,4-5,9H2,1-3H3/t13-,14+,15-,18-/m1/s1. The first kappa shape index (κ1) is 19.1. The lowest BCUT2D eigenvalue weighted by Crippen LogP contribution is -2.55. The molecule has 1 aliphatic carbocycles. The van der Waals surface area contributed by atoms with Gasteiger partial charge in [0.2, 0.25) is 0 Å². The molecule has 7 heteroatoms. The number of pyridine rings is 1. The third-order valence-corrected chi connectivity index (χ3v) is 4.42. The summed E-state index contributed by atoms with van der Waals surface area (Å²) in [7, 11) is 0. The van der Waals surface area contributed by atoms with Gasteiger partial charge in [0.25, 0.3) is 0 Å². The smallest absolute Gasteiger partial charge is 0.317 e. The van der Waals surface area contributed by atoms with Crippen molar-refractivity contribution in [2.45, 2.75) is 38.7 Å². The van der Waals surface area contributed by atoms with Crippen LogP contribution in [0.5, 0.6) is 0 Å². The Morgan fingerprint density at radius 1 is 1.28 bits per heavy atom. The van der Waals surface area contributed by atoms with E-state index in [9.17, 15) is 19.5 Å². The highest BCUT2D eigenvalue weighted by Crippen LogP contribution is 2.46. The van der Waals surface area contributed by atoms with E-state index in [1.54, 1.807) is 32.2 Å². The molecule has 1 N–H and O–H groups in total. The molecule has 4 atom stereocenters. The molecule has 0 radical (unpaired) electrons. The van der Waals surface area contributed by atoms with Crippen molar-refractivity contribution in [3.63, 3.8) is 0 Å².